The molecular weight excluding hydrogens is 621 g/mol. The van der Waals surface area contributed by atoms with Crippen molar-refractivity contribution in [2.24, 2.45) is 0 Å². The van der Waals surface area contributed by atoms with Gasteiger partial charge in [0.15, 0.2) is 39.0 Å². The number of pyridine rings is 3. The molecular formula is C29H24N8O6S2. The van der Waals surface area contributed by atoms with Gasteiger partial charge in [-0.2, -0.15) is 22.1 Å². The predicted molar refractivity (Wildman–Crippen MR) is 163 cm³/mol. The second kappa shape index (κ2) is 12.5. The van der Waals surface area contributed by atoms with Crippen LogP contribution in [0.25, 0.3) is 11.4 Å². The minimum absolute atomic E-state index is 0.0161. The van der Waals surface area contributed by atoms with Crippen LogP contribution in [-0.2, 0) is 20.0 Å². The van der Waals surface area contributed by atoms with Gasteiger partial charge in [0, 0.05) is 24.2 Å². The quantitative estimate of drug-likeness (QED) is 0.220. The second-order valence-corrected chi connectivity index (χ2v) is 12.7. The SMILES string of the molecule is COc1ccccc1Oc1c(NS(=O)(=O)c2ccc(C)cn2)nc(-c2ccnc(C#N)c2)nc1NS(=O)(=O)c1ccc(C)cn1. The first-order valence-corrected chi connectivity index (χ1v) is 16.0. The first-order chi connectivity index (χ1) is 21.5. The number of ether oxygens (including phenoxy) is 2. The third-order valence-corrected chi connectivity index (χ3v) is 8.57. The Morgan fingerprint density at radius 1 is 0.756 bits per heavy atom. The molecule has 0 saturated heterocycles. The van der Waals surface area contributed by atoms with Crippen molar-refractivity contribution in [3.05, 3.63) is 96.1 Å². The zero-order valence-corrected chi connectivity index (χ0v) is 25.6. The van der Waals surface area contributed by atoms with Gasteiger partial charge < -0.3 is 9.47 Å². The average Bonchev–Trinajstić information content (AvgIpc) is 3.02. The van der Waals surface area contributed by atoms with Crippen molar-refractivity contribution in [3.8, 4) is 34.7 Å². The van der Waals surface area contributed by atoms with Crippen LogP contribution >= 0.6 is 0 Å². The molecule has 14 nitrogen and oxygen atoms in total. The van der Waals surface area contributed by atoms with Gasteiger partial charge in [-0.05, 0) is 61.4 Å². The largest absolute Gasteiger partial charge is 0.493 e. The van der Waals surface area contributed by atoms with Crippen molar-refractivity contribution in [1.82, 2.24) is 24.9 Å². The van der Waals surface area contributed by atoms with Gasteiger partial charge >= 0.3 is 0 Å². The molecule has 0 aliphatic carbocycles. The number of hydrogen-bond donors (Lipinski definition) is 2. The zero-order chi connectivity index (χ0) is 32.2. The number of hydrogen-bond acceptors (Lipinski definition) is 12. The molecule has 5 aromatic rings. The highest BCUT2D eigenvalue weighted by molar-refractivity contribution is 7.93. The molecule has 0 spiro atoms. The molecule has 16 heteroatoms. The molecule has 1 aromatic carbocycles. The van der Waals surface area contributed by atoms with Gasteiger partial charge in [-0.25, -0.2) is 24.9 Å². The summed E-state index contributed by atoms with van der Waals surface area (Å²) in [5, 5.41) is 8.72. The molecule has 5 rings (SSSR count). The molecule has 0 saturated carbocycles. The Bertz CT molecular complexity index is 2040. The van der Waals surface area contributed by atoms with Crippen LogP contribution in [-0.4, -0.2) is 48.9 Å². The molecule has 0 aliphatic heterocycles. The highest BCUT2D eigenvalue weighted by Crippen LogP contribution is 2.41. The summed E-state index contributed by atoms with van der Waals surface area (Å²) >= 11 is 0. The van der Waals surface area contributed by atoms with Crippen LogP contribution < -0.4 is 18.9 Å². The van der Waals surface area contributed by atoms with E-state index in [0.29, 0.717) is 0 Å². The fraction of sp³-hybridized carbons (Fsp3) is 0.103. The molecule has 4 aromatic heterocycles. The van der Waals surface area contributed by atoms with Gasteiger partial charge in [0.25, 0.3) is 20.0 Å². The third-order valence-electron chi connectivity index (χ3n) is 6.06. The predicted octanol–water partition coefficient (Wildman–Crippen LogP) is 4.22. The molecule has 0 fully saturated rings. The van der Waals surface area contributed by atoms with E-state index < -0.39 is 37.4 Å². The number of aromatic nitrogens is 5. The standard InChI is InChI=1S/C29H24N8O6S2/c1-18-8-10-24(32-16-18)44(38,39)36-28-26(43-23-7-5-4-6-22(23)42-3)29(37-45(40,41)25-11-9-19(2)17-33-25)35-27(34-28)20-12-13-31-21(14-20)15-30/h4-14,16-17H,1-3H3,(H2,34,35,36,37). The Morgan fingerprint density at radius 2 is 1.31 bits per heavy atom. The zero-order valence-electron chi connectivity index (χ0n) is 24.0. The fourth-order valence-electron chi connectivity index (χ4n) is 3.84. The molecule has 0 unspecified atom stereocenters. The fourth-order valence-corrected chi connectivity index (χ4v) is 5.72. The van der Waals surface area contributed by atoms with E-state index >= 15 is 0 Å². The first kappa shape index (κ1) is 30.8. The number of anilines is 2. The van der Waals surface area contributed by atoms with Crippen LogP contribution in [0.4, 0.5) is 11.6 Å². The smallest absolute Gasteiger partial charge is 0.280 e. The summed E-state index contributed by atoms with van der Waals surface area (Å²) in [5.41, 5.74) is 1.70. The maximum absolute atomic E-state index is 13.5. The van der Waals surface area contributed by atoms with Crippen LogP contribution in [0.15, 0.2) is 89.3 Å². The van der Waals surface area contributed by atoms with Gasteiger partial charge in [-0.1, -0.05) is 24.3 Å². The van der Waals surface area contributed by atoms with Crippen LogP contribution in [0.1, 0.15) is 16.8 Å². The third kappa shape index (κ3) is 6.95. The van der Waals surface area contributed by atoms with Gasteiger partial charge in [0.1, 0.15) is 11.8 Å². The van der Waals surface area contributed by atoms with Crippen molar-refractivity contribution in [1.29, 1.82) is 5.26 Å². The van der Waals surface area contributed by atoms with Crippen LogP contribution in [0, 0.1) is 25.2 Å². The van der Waals surface area contributed by atoms with Gasteiger partial charge in [-0.3, -0.25) is 9.44 Å². The molecule has 2 N–H and O–H groups in total. The number of nitrogens with one attached hydrogen (secondary N) is 2. The average molecular weight is 645 g/mol. The lowest BCUT2D eigenvalue weighted by Crippen LogP contribution is -2.20. The van der Waals surface area contributed by atoms with Gasteiger partial charge in [-0.15, -0.1) is 0 Å². The highest BCUT2D eigenvalue weighted by atomic mass is 32.2. The number of rotatable bonds is 10. The van der Waals surface area contributed by atoms with Crippen molar-refractivity contribution >= 4 is 31.7 Å². The van der Waals surface area contributed by atoms with E-state index in [4.69, 9.17) is 9.47 Å². The van der Waals surface area contributed by atoms with Crippen LogP contribution in [0.5, 0.6) is 17.2 Å². The molecule has 0 atom stereocenters. The Labute approximate surface area is 258 Å². The Hall–Kier alpha value is -5.66. The minimum Gasteiger partial charge on any atom is -0.493 e. The lowest BCUT2D eigenvalue weighted by Gasteiger charge is -2.19. The van der Waals surface area contributed by atoms with E-state index in [0.717, 1.165) is 11.1 Å². The topological polar surface area (TPSA) is 199 Å². The van der Waals surface area contributed by atoms with Crippen LogP contribution in [0.2, 0.25) is 0 Å². The minimum atomic E-state index is -4.41. The number of para-hydroxylation sites is 2. The van der Waals surface area contributed by atoms with E-state index in [1.807, 2.05) is 6.07 Å². The highest BCUT2D eigenvalue weighted by Gasteiger charge is 2.28. The monoisotopic (exact) mass is 644 g/mol. The summed E-state index contributed by atoms with van der Waals surface area (Å²) in [5.74, 6) is -1.13. The maximum Gasteiger partial charge on any atom is 0.280 e. The van der Waals surface area contributed by atoms with Crippen molar-refractivity contribution in [2.45, 2.75) is 23.9 Å². The van der Waals surface area contributed by atoms with Gasteiger partial charge in [0.2, 0.25) is 5.75 Å². The van der Waals surface area contributed by atoms with E-state index in [1.54, 1.807) is 44.2 Å². The summed E-state index contributed by atoms with van der Waals surface area (Å²) in [4.78, 5) is 20.7. The van der Waals surface area contributed by atoms with Crippen molar-refractivity contribution in [3.63, 3.8) is 0 Å². The number of methoxy groups -OCH3 is 1. The first-order valence-electron chi connectivity index (χ1n) is 13.0. The second-order valence-electron chi connectivity index (χ2n) is 9.43. The number of nitriles is 1. The molecule has 0 bridgehead atoms. The maximum atomic E-state index is 13.5. The number of sulfonamides is 2. The molecule has 45 heavy (non-hydrogen) atoms. The number of benzene rings is 1. The Balaban J connectivity index is 1.75. The summed E-state index contributed by atoms with van der Waals surface area (Å²) < 4.78 is 70.3. The summed E-state index contributed by atoms with van der Waals surface area (Å²) in [6.07, 6.45) is 4.08. The Kier molecular flexibility index (Phi) is 8.57. The summed E-state index contributed by atoms with van der Waals surface area (Å²) in [7, 11) is -7.41. The van der Waals surface area contributed by atoms with E-state index in [-0.39, 0.29) is 38.6 Å². The van der Waals surface area contributed by atoms with E-state index in [1.165, 1.54) is 56.0 Å². The van der Waals surface area contributed by atoms with Gasteiger partial charge in [0.05, 0.1) is 7.11 Å². The summed E-state index contributed by atoms with van der Waals surface area (Å²) in [6.45, 7) is 3.50. The normalized spacial score (nSPS) is 11.3. The lowest BCUT2D eigenvalue weighted by atomic mass is 10.2. The van der Waals surface area contributed by atoms with Crippen molar-refractivity contribution < 1.29 is 26.3 Å². The molecule has 0 radical (unpaired) electrons. The Morgan fingerprint density at radius 3 is 1.80 bits per heavy atom. The lowest BCUT2D eigenvalue weighted by molar-refractivity contribution is 0.379. The molecule has 0 amide bonds. The van der Waals surface area contributed by atoms with E-state index in [9.17, 15) is 22.1 Å². The molecule has 4 heterocycles. The molecule has 0 aliphatic rings. The van der Waals surface area contributed by atoms with E-state index in [2.05, 4.69) is 34.4 Å². The van der Waals surface area contributed by atoms with Crippen LogP contribution in [0.3, 0.4) is 0 Å². The number of nitrogens with zero attached hydrogens (tertiary/aromatic N) is 6. The molecule has 228 valence electrons. The van der Waals surface area contributed by atoms with Crippen molar-refractivity contribution in [2.75, 3.05) is 16.6 Å². The number of aryl methyl sites for hydroxylation is 2. The summed E-state index contributed by atoms with van der Waals surface area (Å²) in [6, 6.07) is 16.9.